The molecule has 0 fully saturated rings. The summed E-state index contributed by atoms with van der Waals surface area (Å²) in [6.07, 6.45) is 0.997. The second-order valence-electron chi connectivity index (χ2n) is 4.16. The number of nitrogens with zero attached hydrogens (tertiary/aromatic N) is 1. The van der Waals surface area contributed by atoms with Crippen LogP contribution in [-0.4, -0.2) is 42.1 Å². The molecule has 2 aliphatic rings. The van der Waals surface area contributed by atoms with E-state index >= 15 is 0 Å². The fourth-order valence-corrected chi connectivity index (χ4v) is 2.46. The van der Waals surface area contributed by atoms with Gasteiger partial charge in [0.2, 0.25) is 0 Å². The van der Waals surface area contributed by atoms with Crippen molar-refractivity contribution < 1.29 is 19.4 Å². The van der Waals surface area contributed by atoms with Crippen molar-refractivity contribution in [2.24, 2.45) is 5.92 Å². The number of ether oxygens (including phenoxy) is 1. The fraction of sp³-hybridized carbons (Fsp3) is 0.636. The Morgan fingerprint density at radius 2 is 2.19 bits per heavy atom. The van der Waals surface area contributed by atoms with Crippen LogP contribution in [0.2, 0.25) is 0 Å². The van der Waals surface area contributed by atoms with Crippen molar-refractivity contribution >= 4 is 11.8 Å². The smallest absolute Gasteiger partial charge is 0.317 e. The zero-order valence-electron chi connectivity index (χ0n) is 9.40. The van der Waals surface area contributed by atoms with Gasteiger partial charge in [0.05, 0.1) is 7.11 Å². The van der Waals surface area contributed by atoms with Gasteiger partial charge in [-0.1, -0.05) is 0 Å². The first-order valence-electron chi connectivity index (χ1n) is 5.33. The van der Waals surface area contributed by atoms with Gasteiger partial charge >= 0.3 is 5.97 Å². The van der Waals surface area contributed by atoms with Gasteiger partial charge in [0.25, 0.3) is 0 Å². The maximum Gasteiger partial charge on any atom is 0.317 e. The summed E-state index contributed by atoms with van der Waals surface area (Å²) in [5, 5.41) is 9.94. The standard InChI is InChI=1S/C11H15NO4/c1-12-6-4-3-5-7(13)8(6)9(10(12)14)11(15)16-2/h9-10,14H,3-5H2,1-2H3. The molecule has 1 heterocycles. The third-order valence-electron chi connectivity index (χ3n) is 3.32. The van der Waals surface area contributed by atoms with E-state index in [4.69, 9.17) is 0 Å². The first-order valence-corrected chi connectivity index (χ1v) is 5.33. The minimum Gasteiger partial charge on any atom is -0.468 e. The summed E-state index contributed by atoms with van der Waals surface area (Å²) < 4.78 is 4.64. The van der Waals surface area contributed by atoms with Crippen molar-refractivity contribution in [2.75, 3.05) is 14.2 Å². The number of allylic oxidation sites excluding steroid dienone is 1. The number of aliphatic hydroxyl groups excluding tert-OH is 1. The molecule has 0 radical (unpaired) electrons. The number of hydrogen-bond donors (Lipinski definition) is 1. The van der Waals surface area contributed by atoms with Crippen molar-refractivity contribution in [1.29, 1.82) is 0 Å². The van der Waals surface area contributed by atoms with E-state index in [1.807, 2.05) is 0 Å². The van der Waals surface area contributed by atoms with Crippen molar-refractivity contribution in [3.05, 3.63) is 11.3 Å². The molecule has 1 aliphatic heterocycles. The molecule has 0 aromatic rings. The van der Waals surface area contributed by atoms with E-state index in [9.17, 15) is 14.7 Å². The Labute approximate surface area is 93.7 Å². The first kappa shape index (κ1) is 11.1. The summed E-state index contributed by atoms with van der Waals surface area (Å²) in [5.41, 5.74) is 1.24. The lowest BCUT2D eigenvalue weighted by Crippen LogP contribution is -2.35. The predicted octanol–water partition coefficient (Wildman–Crippen LogP) is 0.0465. The highest BCUT2D eigenvalue weighted by molar-refractivity contribution is 6.02. The van der Waals surface area contributed by atoms with Gasteiger partial charge in [-0.2, -0.15) is 0 Å². The van der Waals surface area contributed by atoms with E-state index in [1.54, 1.807) is 11.9 Å². The van der Waals surface area contributed by atoms with Crippen LogP contribution < -0.4 is 0 Å². The van der Waals surface area contributed by atoms with Crippen molar-refractivity contribution in [3.8, 4) is 0 Å². The Bertz CT molecular complexity index is 374. The summed E-state index contributed by atoms with van der Waals surface area (Å²) in [6.45, 7) is 0. The lowest BCUT2D eigenvalue weighted by Gasteiger charge is -2.22. The monoisotopic (exact) mass is 225 g/mol. The molecule has 0 spiro atoms. The largest absolute Gasteiger partial charge is 0.468 e. The molecule has 0 saturated carbocycles. The van der Waals surface area contributed by atoms with E-state index in [0.29, 0.717) is 12.0 Å². The molecule has 5 nitrogen and oxygen atoms in total. The normalized spacial score (nSPS) is 29.4. The number of carbonyl (C=O) groups is 2. The molecule has 2 unspecified atom stereocenters. The van der Waals surface area contributed by atoms with Gasteiger partial charge in [-0.25, -0.2) is 0 Å². The molecule has 88 valence electrons. The minimum absolute atomic E-state index is 0.0416. The zero-order chi connectivity index (χ0) is 11.9. The Hall–Kier alpha value is -1.36. The summed E-state index contributed by atoms with van der Waals surface area (Å²) in [7, 11) is 2.96. The van der Waals surface area contributed by atoms with E-state index in [2.05, 4.69) is 4.74 Å². The first-order chi connectivity index (χ1) is 7.57. The van der Waals surface area contributed by atoms with Gasteiger partial charge in [-0.15, -0.1) is 0 Å². The number of Topliss-reactive ketones (excluding diaryl/α,β-unsaturated/α-hetero) is 1. The second kappa shape index (κ2) is 3.90. The van der Waals surface area contributed by atoms with Gasteiger partial charge in [0.15, 0.2) is 5.78 Å². The van der Waals surface area contributed by atoms with Crippen LogP contribution in [0.15, 0.2) is 11.3 Å². The van der Waals surface area contributed by atoms with Crippen LogP contribution in [0, 0.1) is 5.92 Å². The fourth-order valence-electron chi connectivity index (χ4n) is 2.46. The number of rotatable bonds is 1. The third kappa shape index (κ3) is 1.43. The van der Waals surface area contributed by atoms with Crippen LogP contribution >= 0.6 is 0 Å². The molecule has 16 heavy (non-hydrogen) atoms. The number of aliphatic hydroxyl groups is 1. The summed E-state index contributed by atoms with van der Waals surface area (Å²) >= 11 is 0. The number of methoxy groups -OCH3 is 1. The van der Waals surface area contributed by atoms with Crippen LogP contribution in [0.5, 0.6) is 0 Å². The van der Waals surface area contributed by atoms with E-state index in [-0.39, 0.29) is 5.78 Å². The highest BCUT2D eigenvalue weighted by Crippen LogP contribution is 2.39. The molecular formula is C11H15NO4. The summed E-state index contributed by atoms with van der Waals surface area (Å²) in [6, 6.07) is 0. The van der Waals surface area contributed by atoms with Gasteiger partial charge in [-0.3, -0.25) is 9.59 Å². The van der Waals surface area contributed by atoms with E-state index in [0.717, 1.165) is 18.5 Å². The molecule has 0 bridgehead atoms. The summed E-state index contributed by atoms with van der Waals surface area (Å²) in [5.74, 6) is -1.42. The second-order valence-corrected chi connectivity index (χ2v) is 4.16. The molecule has 0 aromatic carbocycles. The number of carbonyl (C=O) groups excluding carboxylic acids is 2. The predicted molar refractivity (Wildman–Crippen MR) is 55.2 cm³/mol. The Morgan fingerprint density at radius 3 is 2.81 bits per heavy atom. The van der Waals surface area contributed by atoms with Gasteiger partial charge < -0.3 is 14.7 Å². The van der Waals surface area contributed by atoms with Gasteiger partial charge in [-0.05, 0) is 12.8 Å². The maximum absolute atomic E-state index is 11.8. The third-order valence-corrected chi connectivity index (χ3v) is 3.32. The van der Waals surface area contributed by atoms with Crippen LogP contribution in [0.3, 0.4) is 0 Å². The molecule has 2 atom stereocenters. The Morgan fingerprint density at radius 1 is 1.50 bits per heavy atom. The highest BCUT2D eigenvalue weighted by atomic mass is 16.5. The van der Waals surface area contributed by atoms with E-state index in [1.165, 1.54) is 7.11 Å². The molecule has 0 aromatic heterocycles. The lowest BCUT2D eigenvalue weighted by molar-refractivity contribution is -0.150. The molecule has 0 amide bonds. The molecule has 0 saturated heterocycles. The van der Waals surface area contributed by atoms with Crippen LogP contribution in [0.1, 0.15) is 19.3 Å². The average molecular weight is 225 g/mol. The van der Waals surface area contributed by atoms with Gasteiger partial charge in [0, 0.05) is 24.7 Å². The summed E-state index contributed by atoms with van der Waals surface area (Å²) in [4.78, 5) is 25.0. The number of ketones is 1. The quantitative estimate of drug-likeness (QED) is 0.638. The van der Waals surface area contributed by atoms with Crippen LogP contribution in [0.4, 0.5) is 0 Å². The zero-order valence-corrected chi connectivity index (χ0v) is 9.40. The minimum atomic E-state index is -0.973. The molecule has 1 N–H and O–H groups in total. The highest BCUT2D eigenvalue weighted by Gasteiger charge is 2.46. The SMILES string of the molecule is COC(=O)C1C2=C(CCCC2=O)N(C)C1O. The van der Waals surface area contributed by atoms with Crippen LogP contribution in [0.25, 0.3) is 0 Å². The van der Waals surface area contributed by atoms with Crippen molar-refractivity contribution in [2.45, 2.75) is 25.5 Å². The van der Waals surface area contributed by atoms with Crippen LogP contribution in [-0.2, 0) is 14.3 Å². The molecular weight excluding hydrogens is 210 g/mol. The van der Waals surface area contributed by atoms with Gasteiger partial charge in [0.1, 0.15) is 12.1 Å². The number of esters is 1. The number of hydrogen-bond acceptors (Lipinski definition) is 5. The molecule has 2 rings (SSSR count). The topological polar surface area (TPSA) is 66.8 Å². The van der Waals surface area contributed by atoms with Crippen molar-refractivity contribution in [1.82, 2.24) is 4.90 Å². The molecule has 5 heteroatoms. The van der Waals surface area contributed by atoms with E-state index < -0.39 is 18.1 Å². The average Bonchev–Trinajstić information content (AvgIpc) is 2.54. The Balaban J connectivity index is 2.42. The maximum atomic E-state index is 11.8. The lowest BCUT2D eigenvalue weighted by atomic mass is 9.88. The Kier molecular flexibility index (Phi) is 2.71. The molecule has 1 aliphatic carbocycles. The van der Waals surface area contributed by atoms with Crippen molar-refractivity contribution in [3.63, 3.8) is 0 Å².